The first-order valence-electron chi connectivity index (χ1n) is 8.86. The fraction of sp³-hybridized carbons (Fsp3) is 0.588. The number of hydrogen-bond donors (Lipinski definition) is 1. The summed E-state index contributed by atoms with van der Waals surface area (Å²) in [5.41, 5.74) is 0.497. The number of halogens is 1. The molecule has 0 aliphatic carbocycles. The van der Waals surface area contributed by atoms with Crippen molar-refractivity contribution in [3.05, 3.63) is 21.3 Å². The predicted octanol–water partition coefficient (Wildman–Crippen LogP) is 0.854. The van der Waals surface area contributed by atoms with E-state index in [0.717, 1.165) is 25.9 Å². The van der Waals surface area contributed by atoms with Crippen molar-refractivity contribution in [3.8, 4) is 0 Å². The molecule has 3 amide bonds. The smallest absolute Gasteiger partial charge is 0.256 e. The van der Waals surface area contributed by atoms with Crippen LogP contribution in [-0.2, 0) is 9.59 Å². The second-order valence-corrected chi connectivity index (χ2v) is 8.61. The number of fused-ring (bicyclic) bond motifs is 1. The molecule has 0 bridgehead atoms. The van der Waals surface area contributed by atoms with Crippen LogP contribution in [0.15, 0.2) is 11.4 Å². The van der Waals surface area contributed by atoms with E-state index in [1.165, 1.54) is 16.2 Å². The SMILES string of the molecule is O=C1CN2C(=O)CN(C(=O)c3csc(Cl)c3)C2CN1CC1CCNCC1. The number of amides is 3. The zero-order chi connectivity index (χ0) is 18.3. The Balaban J connectivity index is 1.49. The Morgan fingerprint density at radius 1 is 1.23 bits per heavy atom. The molecule has 26 heavy (non-hydrogen) atoms. The van der Waals surface area contributed by atoms with Gasteiger partial charge in [-0.2, -0.15) is 0 Å². The van der Waals surface area contributed by atoms with E-state index in [1.807, 2.05) is 4.90 Å². The number of rotatable bonds is 3. The van der Waals surface area contributed by atoms with Crippen LogP contribution in [0.3, 0.4) is 0 Å². The predicted molar refractivity (Wildman–Crippen MR) is 98.0 cm³/mol. The maximum atomic E-state index is 12.8. The lowest BCUT2D eigenvalue weighted by Gasteiger charge is -2.41. The highest BCUT2D eigenvalue weighted by atomic mass is 35.5. The summed E-state index contributed by atoms with van der Waals surface area (Å²) in [5.74, 6) is 0.0782. The maximum absolute atomic E-state index is 12.8. The molecule has 4 rings (SSSR count). The van der Waals surface area contributed by atoms with E-state index in [0.29, 0.717) is 28.9 Å². The van der Waals surface area contributed by atoms with E-state index in [1.54, 1.807) is 16.3 Å². The van der Waals surface area contributed by atoms with Gasteiger partial charge in [0.15, 0.2) is 0 Å². The number of hydrogen-bond acceptors (Lipinski definition) is 5. The number of nitrogens with zero attached hydrogens (tertiary/aromatic N) is 3. The van der Waals surface area contributed by atoms with Crippen LogP contribution in [0.5, 0.6) is 0 Å². The average molecular weight is 397 g/mol. The first-order valence-corrected chi connectivity index (χ1v) is 10.1. The molecule has 1 N–H and O–H groups in total. The van der Waals surface area contributed by atoms with Gasteiger partial charge in [-0.15, -0.1) is 11.3 Å². The molecule has 0 saturated carbocycles. The van der Waals surface area contributed by atoms with E-state index in [2.05, 4.69) is 5.32 Å². The number of thiophene rings is 1. The Hall–Kier alpha value is -1.64. The quantitative estimate of drug-likeness (QED) is 0.822. The topological polar surface area (TPSA) is 73.0 Å². The van der Waals surface area contributed by atoms with E-state index in [-0.39, 0.29) is 37.0 Å². The summed E-state index contributed by atoms with van der Waals surface area (Å²) in [6.45, 7) is 3.12. The van der Waals surface area contributed by atoms with E-state index < -0.39 is 0 Å². The fourth-order valence-corrected chi connectivity index (χ4v) is 4.81. The Labute approximate surface area is 160 Å². The van der Waals surface area contributed by atoms with Gasteiger partial charge >= 0.3 is 0 Å². The van der Waals surface area contributed by atoms with Gasteiger partial charge in [-0.3, -0.25) is 14.4 Å². The Kier molecular flexibility index (Phi) is 4.90. The molecule has 7 nitrogen and oxygen atoms in total. The van der Waals surface area contributed by atoms with Gasteiger partial charge in [-0.05, 0) is 37.9 Å². The zero-order valence-electron chi connectivity index (χ0n) is 14.3. The van der Waals surface area contributed by atoms with Crippen LogP contribution >= 0.6 is 22.9 Å². The lowest BCUT2D eigenvalue weighted by atomic mass is 9.97. The van der Waals surface area contributed by atoms with Gasteiger partial charge in [-0.25, -0.2) is 0 Å². The van der Waals surface area contributed by atoms with Crippen LogP contribution in [0.4, 0.5) is 0 Å². The first-order chi connectivity index (χ1) is 12.5. The van der Waals surface area contributed by atoms with Crippen LogP contribution in [0.25, 0.3) is 0 Å². The lowest BCUT2D eigenvalue weighted by Crippen LogP contribution is -2.59. The third-order valence-electron chi connectivity index (χ3n) is 5.40. The van der Waals surface area contributed by atoms with Crippen molar-refractivity contribution in [2.45, 2.75) is 19.0 Å². The molecule has 3 saturated heterocycles. The normalized spacial score (nSPS) is 24.3. The van der Waals surface area contributed by atoms with Gasteiger partial charge in [0.25, 0.3) is 5.91 Å². The highest BCUT2D eigenvalue weighted by molar-refractivity contribution is 7.14. The summed E-state index contributed by atoms with van der Waals surface area (Å²) < 4.78 is 0.544. The van der Waals surface area contributed by atoms with Gasteiger partial charge in [0.1, 0.15) is 19.3 Å². The van der Waals surface area contributed by atoms with Crippen LogP contribution in [0.2, 0.25) is 4.34 Å². The Bertz CT molecular complexity index is 733. The molecule has 3 fully saturated rings. The number of piperidine rings is 1. The maximum Gasteiger partial charge on any atom is 0.256 e. The Morgan fingerprint density at radius 2 is 2.00 bits per heavy atom. The third kappa shape index (κ3) is 3.33. The van der Waals surface area contributed by atoms with E-state index in [4.69, 9.17) is 11.6 Å². The summed E-state index contributed by atoms with van der Waals surface area (Å²) in [4.78, 5) is 42.6. The Morgan fingerprint density at radius 3 is 2.69 bits per heavy atom. The van der Waals surface area contributed by atoms with Crippen LogP contribution in [0.1, 0.15) is 23.2 Å². The van der Waals surface area contributed by atoms with Crippen molar-refractivity contribution in [1.82, 2.24) is 20.0 Å². The average Bonchev–Trinajstić information content (AvgIpc) is 3.20. The van der Waals surface area contributed by atoms with Gasteiger partial charge in [0.2, 0.25) is 11.8 Å². The number of piperazine rings is 1. The molecule has 0 radical (unpaired) electrons. The monoisotopic (exact) mass is 396 g/mol. The number of carbonyl (C=O) groups excluding carboxylic acids is 3. The molecule has 0 spiro atoms. The lowest BCUT2D eigenvalue weighted by molar-refractivity contribution is -0.146. The molecule has 140 valence electrons. The van der Waals surface area contributed by atoms with Gasteiger partial charge < -0.3 is 20.0 Å². The molecule has 1 atom stereocenters. The highest BCUT2D eigenvalue weighted by Gasteiger charge is 2.46. The second kappa shape index (κ2) is 7.17. The van der Waals surface area contributed by atoms with Crippen molar-refractivity contribution < 1.29 is 14.4 Å². The summed E-state index contributed by atoms with van der Waals surface area (Å²) in [6, 6.07) is 1.63. The van der Waals surface area contributed by atoms with Crippen molar-refractivity contribution >= 4 is 40.7 Å². The molecule has 9 heteroatoms. The summed E-state index contributed by atoms with van der Waals surface area (Å²) in [6.07, 6.45) is 1.72. The molecular formula is C17H21ClN4O3S. The van der Waals surface area contributed by atoms with Crippen LogP contribution < -0.4 is 5.32 Å². The molecule has 3 aliphatic heterocycles. The molecule has 4 heterocycles. The zero-order valence-corrected chi connectivity index (χ0v) is 15.9. The van der Waals surface area contributed by atoms with Crippen molar-refractivity contribution in [1.29, 1.82) is 0 Å². The van der Waals surface area contributed by atoms with Crippen molar-refractivity contribution in [2.75, 3.05) is 39.3 Å². The van der Waals surface area contributed by atoms with Gasteiger partial charge in [0.05, 0.1) is 16.4 Å². The minimum atomic E-state index is -0.381. The van der Waals surface area contributed by atoms with Gasteiger partial charge in [0, 0.05) is 11.9 Å². The van der Waals surface area contributed by atoms with Gasteiger partial charge in [-0.1, -0.05) is 11.6 Å². The summed E-state index contributed by atoms with van der Waals surface area (Å²) in [7, 11) is 0. The highest BCUT2D eigenvalue weighted by Crippen LogP contribution is 2.27. The number of nitrogens with one attached hydrogen (secondary N) is 1. The van der Waals surface area contributed by atoms with Crippen molar-refractivity contribution in [2.24, 2.45) is 5.92 Å². The third-order valence-corrected chi connectivity index (χ3v) is 6.49. The molecule has 3 aliphatic rings. The van der Waals surface area contributed by atoms with Crippen LogP contribution in [0, 0.1) is 5.92 Å². The number of carbonyl (C=O) groups is 3. The summed E-state index contributed by atoms with van der Waals surface area (Å²) >= 11 is 7.24. The summed E-state index contributed by atoms with van der Waals surface area (Å²) in [5, 5.41) is 5.04. The molecule has 1 unspecified atom stereocenters. The largest absolute Gasteiger partial charge is 0.337 e. The molecular weight excluding hydrogens is 376 g/mol. The second-order valence-electron chi connectivity index (χ2n) is 7.07. The molecule has 0 aromatic carbocycles. The molecule has 1 aromatic rings. The van der Waals surface area contributed by atoms with Crippen molar-refractivity contribution in [3.63, 3.8) is 0 Å². The van der Waals surface area contributed by atoms with E-state index >= 15 is 0 Å². The molecule has 1 aromatic heterocycles. The minimum absolute atomic E-state index is 0.0193. The minimum Gasteiger partial charge on any atom is -0.337 e. The standard InChI is InChI=1S/C17H21ClN4O3S/c18-13-5-12(10-26-13)17(25)22-9-16(24)21-8-15(23)20(7-14(21)22)6-11-1-3-19-4-2-11/h5,10-11,14,19H,1-4,6-9H2. The first kappa shape index (κ1) is 17.8. The van der Waals surface area contributed by atoms with Crippen LogP contribution in [-0.4, -0.2) is 77.9 Å². The van der Waals surface area contributed by atoms with E-state index in [9.17, 15) is 14.4 Å². The fourth-order valence-electron chi connectivity index (χ4n) is 3.96.